The standard InChI is InChI=1S/C27H31N3O4S.C2HF3O2/c1-29(2)24-6-4-5-22(17-24)27(31)30-15-13-20(14-16-30)19-34-26-12-9-23(18-28-26)21-7-10-25(11-8-21)35(3,32)33;3-2(4,5)1(6)7/h4-12,17-18,20H,13-16,19H2,1-3H3;(H,6,7). The molecule has 0 unspecified atom stereocenters. The van der Waals surface area contributed by atoms with Gasteiger partial charge in [0.1, 0.15) is 0 Å². The van der Waals surface area contributed by atoms with Gasteiger partial charge in [-0.3, -0.25) is 4.79 Å². The summed E-state index contributed by atoms with van der Waals surface area (Å²) in [5, 5.41) is 7.12. The monoisotopic (exact) mass is 607 g/mol. The van der Waals surface area contributed by atoms with Gasteiger partial charge in [-0.1, -0.05) is 18.2 Å². The van der Waals surface area contributed by atoms with Crippen LogP contribution in [0.1, 0.15) is 23.2 Å². The minimum absolute atomic E-state index is 0.0786. The van der Waals surface area contributed by atoms with Gasteiger partial charge in [0.25, 0.3) is 5.91 Å². The van der Waals surface area contributed by atoms with Gasteiger partial charge in [0.05, 0.1) is 11.5 Å². The molecule has 0 aliphatic carbocycles. The molecule has 0 bridgehead atoms. The van der Waals surface area contributed by atoms with Gasteiger partial charge in [-0.15, -0.1) is 0 Å². The second-order valence-electron chi connectivity index (χ2n) is 9.98. The summed E-state index contributed by atoms with van der Waals surface area (Å²) in [4.78, 5) is 30.4. The molecule has 0 saturated carbocycles. The highest BCUT2D eigenvalue weighted by Gasteiger charge is 2.38. The van der Waals surface area contributed by atoms with Crippen LogP contribution >= 0.6 is 0 Å². The van der Waals surface area contributed by atoms with Crippen molar-refractivity contribution in [1.82, 2.24) is 9.88 Å². The first-order valence-corrected chi connectivity index (χ1v) is 14.8. The van der Waals surface area contributed by atoms with Crippen molar-refractivity contribution in [2.75, 3.05) is 44.9 Å². The van der Waals surface area contributed by atoms with Gasteiger partial charge in [-0.05, 0) is 60.7 Å². The number of sulfone groups is 1. The van der Waals surface area contributed by atoms with E-state index in [9.17, 15) is 26.4 Å². The van der Waals surface area contributed by atoms with E-state index in [1.807, 2.05) is 60.3 Å². The Morgan fingerprint density at radius 3 is 2.12 bits per heavy atom. The molecular formula is C29H32F3N3O6S. The molecule has 2 aromatic carbocycles. The topological polar surface area (TPSA) is 117 Å². The number of carbonyl (C=O) groups is 2. The Morgan fingerprint density at radius 2 is 1.62 bits per heavy atom. The summed E-state index contributed by atoms with van der Waals surface area (Å²) < 4.78 is 60.9. The number of amides is 1. The Kier molecular flexibility index (Phi) is 10.6. The minimum atomic E-state index is -5.08. The first kappa shape index (κ1) is 32.4. The van der Waals surface area contributed by atoms with Gasteiger partial charge in [0, 0.05) is 62.5 Å². The highest BCUT2D eigenvalue weighted by atomic mass is 32.2. The van der Waals surface area contributed by atoms with Crippen LogP contribution in [0.4, 0.5) is 18.9 Å². The van der Waals surface area contributed by atoms with Crippen LogP contribution in [-0.2, 0) is 14.6 Å². The number of anilines is 1. The number of carboxylic acid groups (broad SMARTS) is 1. The van der Waals surface area contributed by atoms with Crippen molar-refractivity contribution in [2.24, 2.45) is 5.92 Å². The number of carboxylic acids is 1. The lowest BCUT2D eigenvalue weighted by Crippen LogP contribution is -2.39. The molecule has 0 radical (unpaired) electrons. The molecule has 226 valence electrons. The summed E-state index contributed by atoms with van der Waals surface area (Å²) in [6.07, 6.45) is -0.372. The summed E-state index contributed by atoms with van der Waals surface area (Å²) in [7, 11) is 0.723. The molecule has 1 amide bonds. The first-order chi connectivity index (χ1) is 19.6. The number of nitrogens with zero attached hydrogens (tertiary/aromatic N) is 3. The average Bonchev–Trinajstić information content (AvgIpc) is 2.96. The van der Waals surface area contributed by atoms with E-state index in [0.29, 0.717) is 23.3 Å². The Balaban J connectivity index is 0.000000616. The summed E-state index contributed by atoms with van der Waals surface area (Å²) in [5.41, 5.74) is 3.52. The molecule has 1 aromatic heterocycles. The molecule has 4 rings (SSSR count). The lowest BCUT2D eigenvalue weighted by atomic mass is 9.97. The number of benzene rings is 2. The SMILES string of the molecule is CN(C)c1cccc(C(=O)N2CCC(COc3ccc(-c4ccc(S(C)(=O)=O)cc4)cn3)CC2)c1.O=C(O)C(F)(F)F. The van der Waals surface area contributed by atoms with Crippen LogP contribution in [0.15, 0.2) is 71.8 Å². The van der Waals surface area contributed by atoms with Crippen molar-refractivity contribution in [1.29, 1.82) is 0 Å². The third kappa shape index (κ3) is 9.20. The lowest BCUT2D eigenvalue weighted by Gasteiger charge is -2.32. The number of pyridine rings is 1. The number of rotatable bonds is 7. The zero-order valence-electron chi connectivity index (χ0n) is 23.3. The fraction of sp³-hybridized carbons (Fsp3) is 0.345. The molecular weight excluding hydrogens is 575 g/mol. The van der Waals surface area contributed by atoms with E-state index in [-0.39, 0.29) is 5.91 Å². The van der Waals surface area contributed by atoms with Crippen LogP contribution in [0.3, 0.4) is 0 Å². The smallest absolute Gasteiger partial charge is 0.477 e. The van der Waals surface area contributed by atoms with Crippen LogP contribution in [0.25, 0.3) is 11.1 Å². The van der Waals surface area contributed by atoms with Crippen molar-refractivity contribution in [3.05, 3.63) is 72.4 Å². The molecule has 1 saturated heterocycles. The Morgan fingerprint density at radius 1 is 1.02 bits per heavy atom. The van der Waals surface area contributed by atoms with E-state index < -0.39 is 22.0 Å². The van der Waals surface area contributed by atoms with Crippen molar-refractivity contribution < 1.29 is 41.0 Å². The Labute approximate surface area is 242 Å². The molecule has 13 heteroatoms. The van der Waals surface area contributed by atoms with E-state index in [1.54, 1.807) is 30.5 Å². The molecule has 42 heavy (non-hydrogen) atoms. The average molecular weight is 608 g/mol. The molecule has 1 fully saturated rings. The maximum Gasteiger partial charge on any atom is 0.490 e. The number of likely N-dealkylation sites (tertiary alicyclic amines) is 1. The summed E-state index contributed by atoms with van der Waals surface area (Å²) >= 11 is 0. The Hall–Kier alpha value is -4.13. The van der Waals surface area contributed by atoms with Gasteiger partial charge in [0.2, 0.25) is 5.88 Å². The second-order valence-corrected chi connectivity index (χ2v) is 12.0. The number of ether oxygens (including phenoxy) is 1. The number of aliphatic carboxylic acids is 1. The molecule has 2 heterocycles. The van der Waals surface area contributed by atoms with Crippen LogP contribution < -0.4 is 9.64 Å². The second kappa shape index (κ2) is 13.7. The largest absolute Gasteiger partial charge is 0.490 e. The number of aromatic nitrogens is 1. The predicted molar refractivity (Wildman–Crippen MR) is 151 cm³/mol. The van der Waals surface area contributed by atoms with Crippen molar-refractivity contribution in [3.8, 4) is 17.0 Å². The summed E-state index contributed by atoms with van der Waals surface area (Å²) in [6.45, 7) is 2.00. The molecule has 3 aromatic rings. The molecule has 1 N–H and O–H groups in total. The first-order valence-electron chi connectivity index (χ1n) is 12.9. The molecule has 1 aliphatic heterocycles. The van der Waals surface area contributed by atoms with E-state index in [4.69, 9.17) is 14.6 Å². The molecule has 0 spiro atoms. The zero-order valence-corrected chi connectivity index (χ0v) is 24.2. The zero-order chi connectivity index (χ0) is 31.1. The van der Waals surface area contributed by atoms with Crippen LogP contribution in [0.5, 0.6) is 5.88 Å². The van der Waals surface area contributed by atoms with E-state index in [2.05, 4.69) is 4.98 Å². The fourth-order valence-corrected chi connectivity index (χ4v) is 4.77. The summed E-state index contributed by atoms with van der Waals surface area (Å²) in [6, 6.07) is 18.2. The number of piperidine rings is 1. The highest BCUT2D eigenvalue weighted by Crippen LogP contribution is 2.24. The molecule has 0 atom stereocenters. The molecule has 9 nitrogen and oxygen atoms in total. The van der Waals surface area contributed by atoms with Crippen molar-refractivity contribution in [3.63, 3.8) is 0 Å². The van der Waals surface area contributed by atoms with Crippen LogP contribution in [-0.4, -0.2) is 81.5 Å². The Bertz CT molecular complexity index is 1470. The number of alkyl halides is 3. The van der Waals surface area contributed by atoms with E-state index in [1.165, 1.54) is 6.26 Å². The third-order valence-corrected chi connectivity index (χ3v) is 7.70. The maximum absolute atomic E-state index is 12.9. The summed E-state index contributed by atoms with van der Waals surface area (Å²) in [5.74, 6) is -1.75. The third-order valence-electron chi connectivity index (χ3n) is 6.57. The highest BCUT2D eigenvalue weighted by molar-refractivity contribution is 7.90. The lowest BCUT2D eigenvalue weighted by molar-refractivity contribution is -0.192. The number of carbonyl (C=O) groups excluding carboxylic acids is 1. The minimum Gasteiger partial charge on any atom is -0.477 e. The number of halogens is 3. The van der Waals surface area contributed by atoms with Gasteiger partial charge >= 0.3 is 12.1 Å². The molecule has 1 aliphatic rings. The number of hydrogen-bond donors (Lipinski definition) is 1. The predicted octanol–water partition coefficient (Wildman–Crippen LogP) is 4.78. The van der Waals surface area contributed by atoms with Gasteiger partial charge < -0.3 is 19.6 Å². The normalized spacial score (nSPS) is 14.0. The van der Waals surface area contributed by atoms with Crippen molar-refractivity contribution in [2.45, 2.75) is 23.9 Å². The van der Waals surface area contributed by atoms with Crippen LogP contribution in [0, 0.1) is 5.92 Å². The van der Waals surface area contributed by atoms with Gasteiger partial charge in [-0.25, -0.2) is 18.2 Å². The van der Waals surface area contributed by atoms with E-state index >= 15 is 0 Å². The van der Waals surface area contributed by atoms with Crippen molar-refractivity contribution >= 4 is 27.4 Å². The fourth-order valence-electron chi connectivity index (χ4n) is 4.14. The van der Waals surface area contributed by atoms with E-state index in [0.717, 1.165) is 48.3 Å². The maximum atomic E-state index is 12.9. The quantitative estimate of drug-likeness (QED) is 0.408. The van der Waals surface area contributed by atoms with Crippen LogP contribution in [0.2, 0.25) is 0 Å². The number of hydrogen-bond acceptors (Lipinski definition) is 7. The van der Waals surface area contributed by atoms with Gasteiger partial charge in [-0.2, -0.15) is 13.2 Å². The van der Waals surface area contributed by atoms with Gasteiger partial charge in [0.15, 0.2) is 9.84 Å².